The Morgan fingerprint density at radius 2 is 2.44 bits per heavy atom. The molecule has 1 aliphatic rings. The van der Waals surface area contributed by atoms with Gasteiger partial charge < -0.3 is 9.88 Å². The van der Waals surface area contributed by atoms with Gasteiger partial charge >= 0.3 is 0 Å². The second-order valence-corrected chi connectivity index (χ2v) is 4.89. The molecule has 0 spiro atoms. The maximum Gasteiger partial charge on any atom is 0.269 e. The van der Waals surface area contributed by atoms with E-state index in [0.717, 1.165) is 17.8 Å². The number of nitrogens with zero attached hydrogens (tertiary/aromatic N) is 2. The van der Waals surface area contributed by atoms with Crippen LogP contribution in [0.15, 0.2) is 24.5 Å². The van der Waals surface area contributed by atoms with Gasteiger partial charge in [0.25, 0.3) is 5.91 Å². The quantitative estimate of drug-likeness (QED) is 0.857. The van der Waals surface area contributed by atoms with Crippen LogP contribution in [0.2, 0.25) is 0 Å². The van der Waals surface area contributed by atoms with Gasteiger partial charge in [-0.25, -0.2) is 0 Å². The third kappa shape index (κ3) is 2.30. The monoisotopic (exact) mass is 244 g/mol. The number of rotatable bonds is 4. The van der Waals surface area contributed by atoms with Crippen molar-refractivity contribution in [3.63, 3.8) is 0 Å². The highest BCUT2D eigenvalue weighted by molar-refractivity contribution is 5.93. The minimum atomic E-state index is -0.0726. The number of aromatic nitrogens is 3. The molecule has 2 heterocycles. The summed E-state index contributed by atoms with van der Waals surface area (Å²) in [4.78, 5) is 11.8. The number of carbonyl (C=O) groups is 1. The molecule has 0 saturated heterocycles. The van der Waals surface area contributed by atoms with Crippen molar-refractivity contribution >= 4 is 5.91 Å². The summed E-state index contributed by atoms with van der Waals surface area (Å²) >= 11 is 0. The minimum Gasteiger partial charge on any atom is -0.357 e. The fourth-order valence-electron chi connectivity index (χ4n) is 1.89. The summed E-state index contributed by atoms with van der Waals surface area (Å²) in [6.45, 7) is 0.776. The Morgan fingerprint density at radius 1 is 1.61 bits per heavy atom. The number of hydrogen-bond donors (Lipinski definition) is 2. The average molecular weight is 244 g/mol. The largest absolute Gasteiger partial charge is 0.357 e. The molecular formula is C13H16N4O. The number of nitrogens with one attached hydrogen (secondary N) is 2. The van der Waals surface area contributed by atoms with Crippen molar-refractivity contribution in [3.05, 3.63) is 30.2 Å². The Kier molecular flexibility index (Phi) is 2.66. The molecule has 2 aromatic heterocycles. The summed E-state index contributed by atoms with van der Waals surface area (Å²) < 4.78 is 1.96. The van der Waals surface area contributed by atoms with Crippen LogP contribution in [0.5, 0.6) is 0 Å². The first-order valence-corrected chi connectivity index (χ1v) is 6.18. The highest BCUT2D eigenvalue weighted by Crippen LogP contribution is 2.27. The predicted octanol–water partition coefficient (Wildman–Crippen LogP) is 1.55. The number of amides is 1. The summed E-state index contributed by atoms with van der Waals surface area (Å²) in [6.07, 6.45) is 6.40. The van der Waals surface area contributed by atoms with Crippen molar-refractivity contribution < 1.29 is 4.79 Å². The molecule has 1 aliphatic carbocycles. The average Bonchev–Trinajstić information content (AvgIpc) is 2.87. The molecule has 1 amide bonds. The van der Waals surface area contributed by atoms with Gasteiger partial charge in [-0.15, -0.1) is 0 Å². The van der Waals surface area contributed by atoms with Gasteiger partial charge in [0.15, 0.2) is 0 Å². The number of aryl methyl sites for hydroxylation is 1. The van der Waals surface area contributed by atoms with Crippen LogP contribution in [0.3, 0.4) is 0 Å². The van der Waals surface area contributed by atoms with Crippen molar-refractivity contribution in [2.75, 3.05) is 6.54 Å². The molecule has 3 rings (SSSR count). The van der Waals surface area contributed by atoms with Gasteiger partial charge in [-0.3, -0.25) is 9.89 Å². The van der Waals surface area contributed by atoms with Crippen LogP contribution in [0.4, 0.5) is 0 Å². The molecule has 0 radical (unpaired) electrons. The maximum atomic E-state index is 11.8. The first kappa shape index (κ1) is 11.1. The SMILES string of the molecule is Cn1ccc(-c2cc(C(=O)NCC3CC3)[nH]n2)c1. The molecule has 2 N–H and O–H groups in total. The van der Waals surface area contributed by atoms with Crippen LogP contribution in [0.25, 0.3) is 11.3 Å². The molecule has 0 bridgehead atoms. The molecule has 5 nitrogen and oxygen atoms in total. The van der Waals surface area contributed by atoms with Crippen LogP contribution < -0.4 is 5.32 Å². The number of hydrogen-bond acceptors (Lipinski definition) is 2. The molecule has 1 fully saturated rings. The highest BCUT2D eigenvalue weighted by Gasteiger charge is 2.22. The Bertz CT molecular complexity index is 565. The van der Waals surface area contributed by atoms with Gasteiger partial charge in [-0.1, -0.05) is 0 Å². The van der Waals surface area contributed by atoms with Crippen molar-refractivity contribution in [2.45, 2.75) is 12.8 Å². The maximum absolute atomic E-state index is 11.8. The Labute approximate surface area is 105 Å². The fourth-order valence-corrected chi connectivity index (χ4v) is 1.89. The van der Waals surface area contributed by atoms with E-state index in [0.29, 0.717) is 11.6 Å². The summed E-state index contributed by atoms with van der Waals surface area (Å²) in [6, 6.07) is 3.76. The Morgan fingerprint density at radius 3 is 3.11 bits per heavy atom. The zero-order valence-electron chi connectivity index (χ0n) is 10.3. The first-order chi connectivity index (χ1) is 8.72. The normalized spacial score (nSPS) is 14.7. The molecule has 94 valence electrons. The van der Waals surface area contributed by atoms with E-state index >= 15 is 0 Å². The Hall–Kier alpha value is -2.04. The van der Waals surface area contributed by atoms with E-state index in [1.165, 1.54) is 12.8 Å². The van der Waals surface area contributed by atoms with Gasteiger partial charge in [-0.05, 0) is 30.9 Å². The predicted molar refractivity (Wildman–Crippen MR) is 68.1 cm³/mol. The molecule has 2 aromatic rings. The zero-order chi connectivity index (χ0) is 12.5. The second kappa shape index (κ2) is 4.33. The van der Waals surface area contributed by atoms with Crippen molar-refractivity contribution in [1.82, 2.24) is 20.1 Å². The summed E-state index contributed by atoms with van der Waals surface area (Å²) in [5.74, 6) is 0.613. The lowest BCUT2D eigenvalue weighted by molar-refractivity contribution is 0.0947. The summed E-state index contributed by atoms with van der Waals surface area (Å²) in [5.41, 5.74) is 2.33. The number of aromatic amines is 1. The smallest absolute Gasteiger partial charge is 0.269 e. The van der Waals surface area contributed by atoms with Crippen molar-refractivity contribution in [3.8, 4) is 11.3 Å². The molecule has 0 aromatic carbocycles. The van der Waals surface area contributed by atoms with Crippen LogP contribution in [-0.2, 0) is 7.05 Å². The van der Waals surface area contributed by atoms with Crippen molar-refractivity contribution in [1.29, 1.82) is 0 Å². The zero-order valence-corrected chi connectivity index (χ0v) is 10.3. The third-order valence-electron chi connectivity index (χ3n) is 3.20. The molecule has 0 aliphatic heterocycles. The lowest BCUT2D eigenvalue weighted by Gasteiger charge is -2.00. The lowest BCUT2D eigenvalue weighted by Crippen LogP contribution is -2.25. The molecule has 0 unspecified atom stereocenters. The van der Waals surface area contributed by atoms with Crippen molar-refractivity contribution in [2.24, 2.45) is 13.0 Å². The molecule has 18 heavy (non-hydrogen) atoms. The van der Waals surface area contributed by atoms with Crippen LogP contribution in [0.1, 0.15) is 23.3 Å². The second-order valence-electron chi connectivity index (χ2n) is 4.89. The van der Waals surface area contributed by atoms with Crippen LogP contribution in [-0.4, -0.2) is 27.2 Å². The van der Waals surface area contributed by atoms with E-state index in [1.807, 2.05) is 30.1 Å². The molecule has 5 heteroatoms. The summed E-state index contributed by atoms with van der Waals surface area (Å²) in [5, 5.41) is 9.87. The lowest BCUT2D eigenvalue weighted by atomic mass is 10.2. The van der Waals surface area contributed by atoms with Gasteiger partial charge in [0.1, 0.15) is 5.69 Å². The van der Waals surface area contributed by atoms with Gasteiger partial charge in [0, 0.05) is 31.5 Å². The Balaban J connectivity index is 1.70. The van der Waals surface area contributed by atoms with E-state index in [2.05, 4.69) is 15.5 Å². The van der Waals surface area contributed by atoms with E-state index in [-0.39, 0.29) is 5.91 Å². The number of H-pyrrole nitrogens is 1. The topological polar surface area (TPSA) is 62.7 Å². The molecule has 0 atom stereocenters. The van der Waals surface area contributed by atoms with E-state index in [4.69, 9.17) is 0 Å². The number of carbonyl (C=O) groups excluding carboxylic acids is 1. The highest BCUT2D eigenvalue weighted by atomic mass is 16.1. The van der Waals surface area contributed by atoms with Crippen LogP contribution in [0, 0.1) is 5.92 Å². The van der Waals surface area contributed by atoms with Gasteiger partial charge in [0.2, 0.25) is 0 Å². The molecule has 1 saturated carbocycles. The van der Waals surface area contributed by atoms with Crippen LogP contribution >= 0.6 is 0 Å². The molecular weight excluding hydrogens is 228 g/mol. The van der Waals surface area contributed by atoms with E-state index in [9.17, 15) is 4.79 Å². The third-order valence-corrected chi connectivity index (χ3v) is 3.20. The minimum absolute atomic E-state index is 0.0726. The fraction of sp³-hybridized carbons (Fsp3) is 0.385. The van der Waals surface area contributed by atoms with Gasteiger partial charge in [-0.2, -0.15) is 5.10 Å². The summed E-state index contributed by atoms with van der Waals surface area (Å²) in [7, 11) is 1.96. The first-order valence-electron chi connectivity index (χ1n) is 6.18. The van der Waals surface area contributed by atoms with E-state index < -0.39 is 0 Å². The van der Waals surface area contributed by atoms with Gasteiger partial charge in [0.05, 0.1) is 5.69 Å². The van der Waals surface area contributed by atoms with E-state index in [1.54, 1.807) is 6.07 Å². The standard InChI is InChI=1S/C13H16N4O/c1-17-5-4-10(8-17)11-6-12(16-15-11)13(18)14-7-9-2-3-9/h4-6,8-9H,2-3,7H2,1H3,(H,14,18)(H,15,16).